The van der Waals surface area contributed by atoms with Crippen LogP contribution in [-0.4, -0.2) is 46.5 Å². The second kappa shape index (κ2) is 8.34. The number of carbonyl (C=O) groups excluding carboxylic acids is 1. The van der Waals surface area contributed by atoms with E-state index in [2.05, 4.69) is 4.98 Å². The highest BCUT2D eigenvalue weighted by Crippen LogP contribution is 2.21. The molecule has 6 nitrogen and oxygen atoms in total. The highest BCUT2D eigenvalue weighted by atomic mass is 19.1. The zero-order chi connectivity index (χ0) is 20.2. The average molecular weight is 394 g/mol. The number of hydrogen-bond acceptors (Lipinski definition) is 4. The second-order valence-electron chi connectivity index (χ2n) is 7.00. The van der Waals surface area contributed by atoms with E-state index in [4.69, 9.17) is 4.74 Å². The Morgan fingerprint density at radius 3 is 2.45 bits per heavy atom. The summed E-state index contributed by atoms with van der Waals surface area (Å²) in [5.74, 6) is 1.27. The average Bonchev–Trinajstić information content (AvgIpc) is 3.17. The Labute approximate surface area is 169 Å². The van der Waals surface area contributed by atoms with E-state index < -0.39 is 0 Å². The second-order valence-corrected chi connectivity index (χ2v) is 7.00. The minimum atomic E-state index is -0.228. The Morgan fingerprint density at radius 1 is 1.07 bits per heavy atom. The van der Waals surface area contributed by atoms with Gasteiger partial charge < -0.3 is 19.1 Å². The monoisotopic (exact) mass is 394 g/mol. The van der Waals surface area contributed by atoms with Crippen LogP contribution in [0.3, 0.4) is 0 Å². The molecule has 2 aromatic carbocycles. The Bertz CT molecular complexity index is 978. The lowest BCUT2D eigenvalue weighted by Crippen LogP contribution is -2.49. The molecule has 0 atom stereocenters. The number of para-hydroxylation sites is 1. The Morgan fingerprint density at radius 2 is 1.79 bits per heavy atom. The quantitative estimate of drug-likeness (QED) is 0.667. The lowest BCUT2D eigenvalue weighted by Gasteiger charge is -2.36. The van der Waals surface area contributed by atoms with E-state index in [0.717, 1.165) is 5.82 Å². The van der Waals surface area contributed by atoms with Crippen molar-refractivity contribution < 1.29 is 13.9 Å². The van der Waals surface area contributed by atoms with Crippen LogP contribution < -0.4 is 9.64 Å². The Kier molecular flexibility index (Phi) is 5.46. The summed E-state index contributed by atoms with van der Waals surface area (Å²) >= 11 is 0. The maximum absolute atomic E-state index is 14.0. The third-order valence-electron chi connectivity index (χ3n) is 5.15. The maximum Gasteiger partial charge on any atom is 0.253 e. The SMILES string of the molecule is Cn1ccnc1COc1ccc(C(=O)N2CCN(c3ccccc3F)CC2)cc1. The third-order valence-corrected chi connectivity index (χ3v) is 5.15. The van der Waals surface area contributed by atoms with Crippen LogP contribution in [0.15, 0.2) is 60.9 Å². The van der Waals surface area contributed by atoms with E-state index in [1.54, 1.807) is 47.5 Å². The zero-order valence-corrected chi connectivity index (χ0v) is 16.3. The van der Waals surface area contributed by atoms with Gasteiger partial charge in [0.1, 0.15) is 24.0 Å². The molecule has 2 heterocycles. The normalized spacial score (nSPS) is 14.1. The van der Waals surface area contributed by atoms with Crippen LogP contribution in [0.4, 0.5) is 10.1 Å². The summed E-state index contributed by atoms with van der Waals surface area (Å²) in [5, 5.41) is 0. The number of nitrogens with zero attached hydrogens (tertiary/aromatic N) is 4. The van der Waals surface area contributed by atoms with Crippen molar-refractivity contribution in [2.75, 3.05) is 31.1 Å². The first-order valence-corrected chi connectivity index (χ1v) is 9.59. The standard InChI is InChI=1S/C22H23FN4O2/c1-25-11-10-24-21(25)16-29-18-8-6-17(7-9-18)22(28)27-14-12-26(13-15-27)20-5-3-2-4-19(20)23/h2-11H,12-16H2,1H3. The maximum atomic E-state index is 14.0. The summed E-state index contributed by atoms with van der Waals surface area (Å²) in [7, 11) is 1.92. The van der Waals surface area contributed by atoms with Crippen molar-refractivity contribution in [3.63, 3.8) is 0 Å². The van der Waals surface area contributed by atoms with Crippen LogP contribution in [0.25, 0.3) is 0 Å². The lowest BCUT2D eigenvalue weighted by molar-refractivity contribution is 0.0746. The molecule has 4 rings (SSSR count). The van der Waals surface area contributed by atoms with Gasteiger partial charge in [0.25, 0.3) is 5.91 Å². The summed E-state index contributed by atoms with van der Waals surface area (Å²) in [5.41, 5.74) is 1.21. The van der Waals surface area contributed by atoms with Crippen molar-refractivity contribution >= 4 is 11.6 Å². The number of piperazine rings is 1. The molecule has 1 aromatic heterocycles. The van der Waals surface area contributed by atoms with Gasteiger partial charge in [-0.15, -0.1) is 0 Å². The van der Waals surface area contributed by atoms with Crippen LogP contribution in [0.5, 0.6) is 5.75 Å². The topological polar surface area (TPSA) is 50.6 Å². The molecule has 0 N–H and O–H groups in total. The minimum absolute atomic E-state index is 0.0196. The minimum Gasteiger partial charge on any atom is -0.486 e. The van der Waals surface area contributed by atoms with Gasteiger partial charge in [0.15, 0.2) is 0 Å². The molecule has 0 aliphatic carbocycles. The van der Waals surface area contributed by atoms with E-state index in [1.807, 2.05) is 28.8 Å². The van der Waals surface area contributed by atoms with Gasteiger partial charge in [-0.05, 0) is 36.4 Å². The third kappa shape index (κ3) is 4.23. The number of benzene rings is 2. The molecule has 0 saturated carbocycles. The van der Waals surface area contributed by atoms with Crippen molar-refractivity contribution in [2.45, 2.75) is 6.61 Å². The molecule has 0 unspecified atom stereocenters. The van der Waals surface area contributed by atoms with Gasteiger partial charge in [-0.2, -0.15) is 0 Å². The number of amides is 1. The predicted molar refractivity (Wildman–Crippen MR) is 108 cm³/mol. The van der Waals surface area contributed by atoms with Crippen LogP contribution >= 0.6 is 0 Å². The first-order chi connectivity index (χ1) is 14.1. The smallest absolute Gasteiger partial charge is 0.253 e. The summed E-state index contributed by atoms with van der Waals surface area (Å²) in [6.45, 7) is 2.71. The van der Waals surface area contributed by atoms with Gasteiger partial charge in [-0.25, -0.2) is 9.37 Å². The van der Waals surface area contributed by atoms with Crippen LogP contribution in [0.2, 0.25) is 0 Å². The first kappa shape index (κ1) is 19.0. The van der Waals surface area contributed by atoms with E-state index in [-0.39, 0.29) is 11.7 Å². The van der Waals surface area contributed by atoms with Gasteiger partial charge in [0.05, 0.1) is 5.69 Å². The van der Waals surface area contributed by atoms with E-state index in [9.17, 15) is 9.18 Å². The molecule has 1 fully saturated rings. The van der Waals surface area contributed by atoms with E-state index >= 15 is 0 Å². The van der Waals surface area contributed by atoms with Crippen molar-refractivity contribution in [2.24, 2.45) is 7.05 Å². The molecule has 1 aliphatic rings. The molecule has 0 spiro atoms. The number of aryl methyl sites for hydroxylation is 1. The van der Waals surface area contributed by atoms with E-state index in [0.29, 0.717) is 49.8 Å². The number of halogens is 1. The Balaban J connectivity index is 1.33. The molecule has 3 aromatic rings. The number of hydrogen-bond donors (Lipinski definition) is 0. The van der Waals surface area contributed by atoms with Crippen LogP contribution in [0.1, 0.15) is 16.2 Å². The van der Waals surface area contributed by atoms with Gasteiger partial charge in [-0.3, -0.25) is 4.79 Å². The fourth-order valence-corrected chi connectivity index (χ4v) is 3.42. The number of imidazole rings is 1. The summed E-state index contributed by atoms with van der Waals surface area (Å²) in [6, 6.07) is 13.9. The summed E-state index contributed by atoms with van der Waals surface area (Å²) in [4.78, 5) is 20.8. The molecule has 0 radical (unpaired) electrons. The number of aromatic nitrogens is 2. The number of anilines is 1. The van der Waals surface area contributed by atoms with E-state index in [1.165, 1.54) is 6.07 Å². The fourth-order valence-electron chi connectivity index (χ4n) is 3.42. The van der Waals surface area contributed by atoms with Crippen LogP contribution in [0, 0.1) is 5.82 Å². The molecular formula is C22H23FN4O2. The highest BCUT2D eigenvalue weighted by molar-refractivity contribution is 5.94. The first-order valence-electron chi connectivity index (χ1n) is 9.59. The van der Waals surface area contributed by atoms with Gasteiger partial charge in [-0.1, -0.05) is 12.1 Å². The molecule has 1 aliphatic heterocycles. The molecule has 1 saturated heterocycles. The largest absolute Gasteiger partial charge is 0.486 e. The summed E-state index contributed by atoms with van der Waals surface area (Å²) < 4.78 is 21.6. The lowest BCUT2D eigenvalue weighted by atomic mass is 10.1. The van der Waals surface area contributed by atoms with Gasteiger partial charge in [0.2, 0.25) is 0 Å². The molecule has 0 bridgehead atoms. The zero-order valence-electron chi connectivity index (χ0n) is 16.3. The number of carbonyl (C=O) groups is 1. The van der Waals surface area contributed by atoms with Crippen molar-refractivity contribution in [1.82, 2.24) is 14.5 Å². The van der Waals surface area contributed by atoms with Crippen molar-refractivity contribution in [3.8, 4) is 5.75 Å². The molecule has 150 valence electrons. The van der Waals surface area contributed by atoms with Gasteiger partial charge >= 0.3 is 0 Å². The van der Waals surface area contributed by atoms with Crippen LogP contribution in [-0.2, 0) is 13.7 Å². The highest BCUT2D eigenvalue weighted by Gasteiger charge is 2.23. The van der Waals surface area contributed by atoms with Crippen molar-refractivity contribution in [1.29, 1.82) is 0 Å². The summed E-state index contributed by atoms with van der Waals surface area (Å²) in [6.07, 6.45) is 3.60. The molecular weight excluding hydrogens is 371 g/mol. The number of ether oxygens (including phenoxy) is 1. The Hall–Kier alpha value is -3.35. The van der Waals surface area contributed by atoms with Gasteiger partial charge in [0, 0.05) is 51.2 Å². The molecule has 29 heavy (non-hydrogen) atoms. The van der Waals surface area contributed by atoms with Crippen molar-refractivity contribution in [3.05, 3.63) is 78.1 Å². The molecule has 1 amide bonds. The molecule has 7 heteroatoms. The predicted octanol–water partition coefficient (Wildman–Crippen LogP) is 3.10. The number of rotatable bonds is 5. The fraction of sp³-hybridized carbons (Fsp3) is 0.273.